The normalized spacial score (nSPS) is 10.5. The molecule has 3 aromatic carbocycles. The quantitative estimate of drug-likeness (QED) is 0.278. The minimum absolute atomic E-state index is 0.132. The average molecular weight is 459 g/mol. The van der Waals surface area contributed by atoms with Crippen LogP contribution in [0.4, 0.5) is 20.6 Å². The van der Waals surface area contributed by atoms with Crippen molar-refractivity contribution in [3.05, 3.63) is 90.5 Å². The summed E-state index contributed by atoms with van der Waals surface area (Å²) in [6, 6.07) is 17.0. The van der Waals surface area contributed by atoms with Crippen molar-refractivity contribution in [2.24, 2.45) is 0 Å². The van der Waals surface area contributed by atoms with E-state index in [1.54, 1.807) is 54.7 Å². The number of carboxylic acid groups (broad SMARTS) is 1. The molecular formula is C24H18FN5O4. The van der Waals surface area contributed by atoms with Crippen molar-refractivity contribution < 1.29 is 23.9 Å². The van der Waals surface area contributed by atoms with Crippen LogP contribution in [0.1, 0.15) is 16.8 Å². The highest BCUT2D eigenvalue weighted by molar-refractivity contribution is 6.12. The second kappa shape index (κ2) is 9.74. The van der Waals surface area contributed by atoms with Crippen LogP contribution in [0.3, 0.4) is 0 Å². The Bertz CT molecular complexity index is 1350. The lowest BCUT2D eigenvalue weighted by Crippen LogP contribution is -2.18. The molecule has 9 nitrogen and oxygen atoms in total. The summed E-state index contributed by atoms with van der Waals surface area (Å²) in [5.41, 5.74) is 2.51. The van der Waals surface area contributed by atoms with E-state index in [-0.39, 0.29) is 11.4 Å². The molecule has 1 aromatic heterocycles. The zero-order valence-electron chi connectivity index (χ0n) is 17.6. The number of amides is 2. The Morgan fingerprint density at radius 1 is 0.912 bits per heavy atom. The third-order valence-corrected chi connectivity index (χ3v) is 4.89. The molecule has 0 aliphatic heterocycles. The Hall–Kier alpha value is -4.86. The van der Waals surface area contributed by atoms with Crippen molar-refractivity contribution in [2.45, 2.75) is 6.42 Å². The van der Waals surface area contributed by atoms with Crippen LogP contribution < -0.4 is 10.6 Å². The topological polar surface area (TPSA) is 126 Å². The van der Waals surface area contributed by atoms with Crippen molar-refractivity contribution in [1.82, 2.24) is 15.0 Å². The van der Waals surface area contributed by atoms with Gasteiger partial charge >= 0.3 is 6.09 Å². The number of hydrogen-bond acceptors (Lipinski definition) is 5. The molecular weight excluding hydrogens is 441 g/mol. The summed E-state index contributed by atoms with van der Waals surface area (Å²) in [5.74, 6) is -1.45. The molecule has 3 N–H and O–H groups in total. The van der Waals surface area contributed by atoms with E-state index < -0.39 is 30.0 Å². The van der Waals surface area contributed by atoms with Gasteiger partial charge in [0.25, 0.3) is 0 Å². The summed E-state index contributed by atoms with van der Waals surface area (Å²) in [6.45, 7) is 0. The van der Waals surface area contributed by atoms with Gasteiger partial charge in [0.1, 0.15) is 5.82 Å². The molecule has 34 heavy (non-hydrogen) atoms. The molecule has 170 valence electrons. The SMILES string of the molecule is O=C(O)Nc1ccc(-c2ccc(F)cc2)cc1NC(=O)CC(=O)c1cccc(-n2ccnn2)c1. The molecule has 4 aromatic rings. The van der Waals surface area contributed by atoms with Crippen LogP contribution in [-0.2, 0) is 4.79 Å². The summed E-state index contributed by atoms with van der Waals surface area (Å²) >= 11 is 0. The first kappa shape index (κ1) is 22.3. The highest BCUT2D eigenvalue weighted by Crippen LogP contribution is 2.29. The first-order chi connectivity index (χ1) is 16.4. The largest absolute Gasteiger partial charge is 0.465 e. The maximum atomic E-state index is 13.3. The van der Waals surface area contributed by atoms with Crippen molar-refractivity contribution in [2.75, 3.05) is 10.6 Å². The minimum Gasteiger partial charge on any atom is -0.465 e. The fraction of sp³-hybridized carbons (Fsp3) is 0.0417. The van der Waals surface area contributed by atoms with E-state index in [1.807, 2.05) is 0 Å². The zero-order chi connectivity index (χ0) is 24.1. The second-order valence-electron chi connectivity index (χ2n) is 7.24. The maximum Gasteiger partial charge on any atom is 0.409 e. The van der Waals surface area contributed by atoms with E-state index in [1.165, 1.54) is 29.1 Å². The van der Waals surface area contributed by atoms with E-state index in [4.69, 9.17) is 5.11 Å². The van der Waals surface area contributed by atoms with Gasteiger partial charge < -0.3 is 10.4 Å². The van der Waals surface area contributed by atoms with Gasteiger partial charge in [0.2, 0.25) is 5.91 Å². The van der Waals surface area contributed by atoms with Crippen LogP contribution in [0.15, 0.2) is 79.1 Å². The average Bonchev–Trinajstić information content (AvgIpc) is 3.36. The number of anilines is 2. The highest BCUT2D eigenvalue weighted by Gasteiger charge is 2.16. The van der Waals surface area contributed by atoms with Crippen molar-refractivity contribution in [3.63, 3.8) is 0 Å². The molecule has 4 rings (SSSR count). The molecule has 0 atom stereocenters. The number of ketones is 1. The molecule has 0 unspecified atom stereocenters. The molecule has 0 saturated heterocycles. The van der Waals surface area contributed by atoms with Crippen LogP contribution in [0.2, 0.25) is 0 Å². The van der Waals surface area contributed by atoms with Gasteiger partial charge in [-0.3, -0.25) is 14.9 Å². The molecule has 10 heteroatoms. The monoisotopic (exact) mass is 459 g/mol. The maximum absolute atomic E-state index is 13.3. The number of hydrogen-bond donors (Lipinski definition) is 3. The molecule has 0 radical (unpaired) electrons. The molecule has 0 bridgehead atoms. The minimum atomic E-state index is -1.31. The Morgan fingerprint density at radius 2 is 1.68 bits per heavy atom. The summed E-state index contributed by atoms with van der Waals surface area (Å²) in [6.07, 6.45) is 1.35. The van der Waals surface area contributed by atoms with Crippen LogP contribution in [-0.4, -0.2) is 37.9 Å². The molecule has 0 saturated carbocycles. The van der Waals surface area contributed by atoms with Gasteiger partial charge in [0.05, 0.1) is 35.9 Å². The number of Topliss-reactive ketones (excluding diaryl/α,β-unsaturated/α-hetero) is 1. The molecule has 0 fully saturated rings. The molecule has 1 heterocycles. The van der Waals surface area contributed by atoms with Crippen molar-refractivity contribution in [1.29, 1.82) is 0 Å². The highest BCUT2D eigenvalue weighted by atomic mass is 19.1. The van der Waals surface area contributed by atoms with E-state index in [2.05, 4.69) is 20.9 Å². The molecule has 0 spiro atoms. The van der Waals surface area contributed by atoms with Gasteiger partial charge in [0, 0.05) is 5.56 Å². The van der Waals surface area contributed by atoms with Crippen LogP contribution in [0.5, 0.6) is 0 Å². The van der Waals surface area contributed by atoms with Crippen LogP contribution in [0.25, 0.3) is 16.8 Å². The second-order valence-corrected chi connectivity index (χ2v) is 7.24. The standard InChI is InChI=1S/C24H18FN5O4/c25-18-7-4-15(5-8-18)16-6-9-20(28-24(33)34)21(13-16)27-23(32)14-22(31)17-2-1-3-19(12-17)30-11-10-26-29-30/h1-13,28H,14H2,(H,27,32)(H,33,34). The molecule has 2 amide bonds. The van der Waals surface area contributed by atoms with Gasteiger partial charge in [0.15, 0.2) is 5.78 Å². The smallest absolute Gasteiger partial charge is 0.409 e. The van der Waals surface area contributed by atoms with Gasteiger partial charge in [-0.15, -0.1) is 5.10 Å². The number of rotatable bonds is 7. The summed E-state index contributed by atoms with van der Waals surface area (Å²) in [7, 11) is 0. The molecule has 0 aliphatic rings. The van der Waals surface area contributed by atoms with Crippen molar-refractivity contribution in [3.8, 4) is 16.8 Å². The number of benzene rings is 3. The fourth-order valence-corrected chi connectivity index (χ4v) is 3.30. The first-order valence-corrected chi connectivity index (χ1v) is 10.1. The Morgan fingerprint density at radius 3 is 2.38 bits per heavy atom. The fourth-order valence-electron chi connectivity index (χ4n) is 3.30. The lowest BCUT2D eigenvalue weighted by atomic mass is 10.0. The number of carbonyl (C=O) groups is 3. The van der Waals surface area contributed by atoms with E-state index in [0.29, 0.717) is 22.4 Å². The van der Waals surface area contributed by atoms with Crippen LogP contribution in [0, 0.1) is 5.82 Å². The van der Waals surface area contributed by atoms with E-state index in [9.17, 15) is 18.8 Å². The number of aromatic nitrogens is 3. The van der Waals surface area contributed by atoms with Gasteiger partial charge in [-0.25, -0.2) is 13.9 Å². The van der Waals surface area contributed by atoms with E-state index in [0.717, 1.165) is 0 Å². The lowest BCUT2D eigenvalue weighted by Gasteiger charge is -2.13. The first-order valence-electron chi connectivity index (χ1n) is 10.1. The predicted molar refractivity (Wildman–Crippen MR) is 122 cm³/mol. The summed E-state index contributed by atoms with van der Waals surface area (Å²) < 4.78 is 14.7. The van der Waals surface area contributed by atoms with Gasteiger partial charge in [-0.05, 0) is 47.5 Å². The van der Waals surface area contributed by atoms with E-state index >= 15 is 0 Å². The van der Waals surface area contributed by atoms with Crippen molar-refractivity contribution >= 4 is 29.2 Å². The Labute approximate surface area is 192 Å². The summed E-state index contributed by atoms with van der Waals surface area (Å²) in [5, 5.41) is 21.5. The number of nitrogens with one attached hydrogen (secondary N) is 2. The lowest BCUT2D eigenvalue weighted by molar-refractivity contribution is -0.115. The molecule has 0 aliphatic carbocycles. The number of nitrogens with zero attached hydrogens (tertiary/aromatic N) is 3. The summed E-state index contributed by atoms with van der Waals surface area (Å²) in [4.78, 5) is 36.5. The Kier molecular flexibility index (Phi) is 6.40. The number of carbonyl (C=O) groups excluding carboxylic acids is 2. The number of halogens is 1. The predicted octanol–water partition coefficient (Wildman–Crippen LogP) is 4.37. The van der Waals surface area contributed by atoms with Gasteiger partial charge in [-0.1, -0.05) is 35.5 Å². The zero-order valence-corrected chi connectivity index (χ0v) is 17.6. The van der Waals surface area contributed by atoms with Gasteiger partial charge in [-0.2, -0.15) is 0 Å². The third kappa shape index (κ3) is 5.30. The Balaban J connectivity index is 1.53. The third-order valence-electron chi connectivity index (χ3n) is 4.89. The van der Waals surface area contributed by atoms with Crippen LogP contribution >= 0.6 is 0 Å².